The van der Waals surface area contributed by atoms with Crippen molar-refractivity contribution in [3.63, 3.8) is 0 Å². The van der Waals surface area contributed by atoms with Crippen molar-refractivity contribution in [1.82, 2.24) is 9.97 Å². The van der Waals surface area contributed by atoms with Crippen LogP contribution in [-0.2, 0) is 0 Å². The standard InChI is InChI=1S/C6H4N2S2/c9-6-7-3-5-4(8-6)1-2-10-5/h1-3H,(H,7,8,9). The van der Waals surface area contributed by atoms with E-state index in [1.165, 1.54) is 0 Å². The minimum atomic E-state index is 0.547. The number of hydrogen-bond donors (Lipinski definition) is 1. The van der Waals surface area contributed by atoms with Crippen LogP contribution in [0, 0.1) is 4.77 Å². The molecule has 0 aliphatic rings. The van der Waals surface area contributed by atoms with E-state index in [-0.39, 0.29) is 0 Å². The molecule has 0 aliphatic carbocycles. The number of hydrogen-bond acceptors (Lipinski definition) is 3. The molecule has 2 aromatic rings. The monoisotopic (exact) mass is 168 g/mol. The van der Waals surface area contributed by atoms with Crippen molar-refractivity contribution in [3.05, 3.63) is 22.4 Å². The Morgan fingerprint density at radius 2 is 2.50 bits per heavy atom. The van der Waals surface area contributed by atoms with Crippen LogP contribution in [0.3, 0.4) is 0 Å². The molecule has 2 heterocycles. The van der Waals surface area contributed by atoms with Gasteiger partial charge in [-0.05, 0) is 23.7 Å². The Morgan fingerprint density at radius 3 is 3.40 bits per heavy atom. The molecular weight excluding hydrogens is 164 g/mol. The van der Waals surface area contributed by atoms with Crippen molar-refractivity contribution >= 4 is 33.8 Å². The molecule has 0 spiro atoms. The van der Waals surface area contributed by atoms with E-state index in [0.717, 1.165) is 10.2 Å². The van der Waals surface area contributed by atoms with Gasteiger partial charge in [0.25, 0.3) is 0 Å². The number of aromatic amines is 1. The molecule has 0 unspecified atom stereocenters. The van der Waals surface area contributed by atoms with Crippen LogP contribution in [-0.4, -0.2) is 9.97 Å². The van der Waals surface area contributed by atoms with Gasteiger partial charge in [-0.25, -0.2) is 4.98 Å². The first-order chi connectivity index (χ1) is 4.86. The Hall–Kier alpha value is -0.740. The van der Waals surface area contributed by atoms with Crippen molar-refractivity contribution in [2.24, 2.45) is 0 Å². The molecule has 0 saturated carbocycles. The van der Waals surface area contributed by atoms with E-state index in [0.29, 0.717) is 4.77 Å². The van der Waals surface area contributed by atoms with Gasteiger partial charge < -0.3 is 4.98 Å². The van der Waals surface area contributed by atoms with Crippen molar-refractivity contribution in [3.8, 4) is 0 Å². The van der Waals surface area contributed by atoms with Crippen LogP contribution >= 0.6 is 23.6 Å². The third kappa shape index (κ3) is 0.853. The molecule has 0 fully saturated rings. The zero-order valence-electron chi connectivity index (χ0n) is 5.00. The van der Waals surface area contributed by atoms with Crippen LogP contribution in [0.25, 0.3) is 10.2 Å². The van der Waals surface area contributed by atoms with Crippen LogP contribution < -0.4 is 0 Å². The summed E-state index contributed by atoms with van der Waals surface area (Å²) in [5.74, 6) is 0. The fourth-order valence-electron chi connectivity index (χ4n) is 0.789. The minimum absolute atomic E-state index is 0.547. The molecule has 0 aliphatic heterocycles. The van der Waals surface area contributed by atoms with Gasteiger partial charge in [0.15, 0.2) is 4.77 Å². The van der Waals surface area contributed by atoms with Gasteiger partial charge in [-0.1, -0.05) is 0 Å². The Labute approximate surface area is 66.6 Å². The van der Waals surface area contributed by atoms with Crippen LogP contribution in [0.1, 0.15) is 0 Å². The maximum Gasteiger partial charge on any atom is 0.197 e. The van der Waals surface area contributed by atoms with Crippen LogP contribution in [0.15, 0.2) is 17.6 Å². The van der Waals surface area contributed by atoms with Crippen molar-refractivity contribution in [2.45, 2.75) is 0 Å². The molecule has 0 atom stereocenters. The summed E-state index contributed by atoms with van der Waals surface area (Å²) in [6.07, 6.45) is 1.79. The van der Waals surface area contributed by atoms with Crippen LogP contribution in [0.2, 0.25) is 0 Å². The molecule has 2 aromatic heterocycles. The number of nitrogens with one attached hydrogen (secondary N) is 1. The van der Waals surface area contributed by atoms with E-state index >= 15 is 0 Å². The summed E-state index contributed by atoms with van der Waals surface area (Å²) in [5.41, 5.74) is 1.07. The van der Waals surface area contributed by atoms with E-state index in [1.807, 2.05) is 11.4 Å². The van der Waals surface area contributed by atoms with Gasteiger partial charge in [-0.3, -0.25) is 0 Å². The summed E-state index contributed by atoms with van der Waals surface area (Å²) in [4.78, 5) is 6.93. The third-order valence-electron chi connectivity index (χ3n) is 1.24. The first-order valence-corrected chi connectivity index (χ1v) is 4.07. The summed E-state index contributed by atoms with van der Waals surface area (Å²) < 4.78 is 1.69. The molecule has 2 nitrogen and oxygen atoms in total. The minimum Gasteiger partial charge on any atom is -0.330 e. The molecule has 0 radical (unpaired) electrons. The normalized spacial score (nSPS) is 10.4. The first kappa shape index (κ1) is 6.00. The highest BCUT2D eigenvalue weighted by Crippen LogP contribution is 2.15. The van der Waals surface area contributed by atoms with E-state index in [2.05, 4.69) is 9.97 Å². The molecule has 10 heavy (non-hydrogen) atoms. The maximum absolute atomic E-state index is 4.84. The van der Waals surface area contributed by atoms with Gasteiger partial charge in [0, 0.05) is 6.20 Å². The number of H-pyrrole nitrogens is 1. The second kappa shape index (κ2) is 2.14. The summed E-state index contributed by atoms with van der Waals surface area (Å²) >= 11 is 6.50. The van der Waals surface area contributed by atoms with E-state index in [1.54, 1.807) is 17.5 Å². The highest BCUT2D eigenvalue weighted by Gasteiger charge is 1.91. The van der Waals surface area contributed by atoms with Crippen molar-refractivity contribution in [1.29, 1.82) is 0 Å². The fourth-order valence-corrected chi connectivity index (χ4v) is 1.66. The lowest BCUT2D eigenvalue weighted by Crippen LogP contribution is -1.77. The molecule has 1 N–H and O–H groups in total. The van der Waals surface area contributed by atoms with Crippen LogP contribution in [0.5, 0.6) is 0 Å². The van der Waals surface area contributed by atoms with E-state index < -0.39 is 0 Å². The largest absolute Gasteiger partial charge is 0.330 e. The number of rotatable bonds is 0. The summed E-state index contributed by atoms with van der Waals surface area (Å²) in [5, 5.41) is 2.01. The lowest BCUT2D eigenvalue weighted by Gasteiger charge is -1.85. The third-order valence-corrected chi connectivity index (χ3v) is 2.29. The van der Waals surface area contributed by atoms with Crippen LogP contribution in [0.4, 0.5) is 0 Å². The highest BCUT2D eigenvalue weighted by atomic mass is 32.1. The summed E-state index contributed by atoms with van der Waals surface area (Å²) in [7, 11) is 0. The zero-order chi connectivity index (χ0) is 6.97. The zero-order valence-corrected chi connectivity index (χ0v) is 6.63. The second-order valence-corrected chi connectivity index (χ2v) is 3.22. The van der Waals surface area contributed by atoms with Crippen molar-refractivity contribution in [2.75, 3.05) is 0 Å². The Bertz CT molecular complexity index is 401. The Balaban J connectivity index is 2.99. The number of thiophene rings is 1. The van der Waals surface area contributed by atoms with Gasteiger partial charge in [-0.2, -0.15) is 0 Å². The number of aromatic nitrogens is 2. The van der Waals surface area contributed by atoms with E-state index in [4.69, 9.17) is 12.2 Å². The molecule has 0 aromatic carbocycles. The first-order valence-electron chi connectivity index (χ1n) is 2.79. The number of nitrogens with zero attached hydrogens (tertiary/aromatic N) is 1. The molecule has 0 bridgehead atoms. The van der Waals surface area contributed by atoms with Gasteiger partial charge in [0.2, 0.25) is 0 Å². The quantitative estimate of drug-likeness (QED) is 0.612. The van der Waals surface area contributed by atoms with Gasteiger partial charge in [0.1, 0.15) is 0 Å². The molecule has 2 rings (SSSR count). The Morgan fingerprint density at radius 1 is 1.60 bits per heavy atom. The summed E-state index contributed by atoms with van der Waals surface area (Å²) in [6, 6.07) is 2.00. The van der Waals surface area contributed by atoms with Gasteiger partial charge >= 0.3 is 0 Å². The SMILES string of the molecule is S=c1ncc2sccc2[nH]1. The predicted octanol–water partition coefficient (Wildman–Crippen LogP) is 2.35. The molecule has 0 saturated heterocycles. The molecule has 50 valence electrons. The smallest absolute Gasteiger partial charge is 0.197 e. The van der Waals surface area contributed by atoms with Crippen molar-refractivity contribution < 1.29 is 0 Å². The Kier molecular flexibility index (Phi) is 1.28. The molecular formula is C6H4N2S2. The van der Waals surface area contributed by atoms with Gasteiger partial charge in [0.05, 0.1) is 10.2 Å². The highest BCUT2D eigenvalue weighted by molar-refractivity contribution is 7.71. The lowest BCUT2D eigenvalue weighted by molar-refractivity contribution is 1.19. The second-order valence-electron chi connectivity index (χ2n) is 1.89. The average Bonchev–Trinajstić information content (AvgIpc) is 2.33. The molecule has 0 amide bonds. The predicted molar refractivity (Wildman–Crippen MR) is 44.8 cm³/mol. The molecule has 4 heteroatoms. The average molecular weight is 168 g/mol. The maximum atomic E-state index is 4.84. The lowest BCUT2D eigenvalue weighted by atomic mass is 10.5. The fraction of sp³-hybridized carbons (Fsp3) is 0. The summed E-state index contributed by atoms with van der Waals surface area (Å²) in [6.45, 7) is 0. The van der Waals surface area contributed by atoms with E-state index in [9.17, 15) is 0 Å². The van der Waals surface area contributed by atoms with Gasteiger partial charge in [-0.15, -0.1) is 11.3 Å². The number of fused-ring (bicyclic) bond motifs is 1. The topological polar surface area (TPSA) is 28.7 Å².